The fraction of sp³-hybridized carbons (Fsp3) is 0.250. The molecule has 0 amide bonds. The van der Waals surface area contributed by atoms with Crippen molar-refractivity contribution in [3.8, 4) is 5.75 Å². The molecule has 0 aliphatic heterocycles. The normalized spacial score (nSPS) is 10.2. The molecule has 0 fully saturated rings. The van der Waals surface area contributed by atoms with Crippen molar-refractivity contribution < 1.29 is 5.11 Å². The summed E-state index contributed by atoms with van der Waals surface area (Å²) in [7, 11) is 1.78. The molecule has 0 radical (unpaired) electrons. The summed E-state index contributed by atoms with van der Waals surface area (Å²) < 4.78 is 0. The van der Waals surface area contributed by atoms with E-state index < -0.39 is 0 Å². The van der Waals surface area contributed by atoms with E-state index in [9.17, 15) is 5.11 Å². The number of phenolic OH excluding ortho intramolecular Hbond substituents is 1. The van der Waals surface area contributed by atoms with Gasteiger partial charge in [0.2, 0.25) is 0 Å². The monoisotopic (exact) mass is 205 g/mol. The third-order valence-electron chi connectivity index (χ3n) is 1.49. The highest BCUT2D eigenvalue weighted by Gasteiger charge is 2.06. The zero-order valence-electron chi connectivity index (χ0n) is 6.56. The van der Waals surface area contributed by atoms with Gasteiger partial charge in [-0.05, 0) is 19.2 Å². The number of benzene rings is 1. The quantitative estimate of drug-likeness (QED) is 0.778. The first-order chi connectivity index (χ1) is 5.65. The number of rotatable bonds is 2. The molecule has 0 bridgehead atoms. The minimum Gasteiger partial charge on any atom is -0.508 e. The standard InChI is InChI=1S/C8H9Cl2NO/c1-11-4-6-7(10)2-5(9)3-8(6)12/h2-3,11-12H,4H2,1H3. The van der Waals surface area contributed by atoms with Gasteiger partial charge in [0.25, 0.3) is 0 Å². The van der Waals surface area contributed by atoms with Crippen LogP contribution in [0.15, 0.2) is 12.1 Å². The number of hydrogen-bond donors (Lipinski definition) is 2. The average Bonchev–Trinajstić information content (AvgIpc) is 1.96. The Balaban J connectivity index is 3.10. The van der Waals surface area contributed by atoms with Crippen molar-refractivity contribution in [2.24, 2.45) is 0 Å². The molecule has 66 valence electrons. The SMILES string of the molecule is CNCc1c(O)cc(Cl)cc1Cl. The summed E-state index contributed by atoms with van der Waals surface area (Å²) in [5.74, 6) is 0.127. The largest absolute Gasteiger partial charge is 0.508 e. The highest BCUT2D eigenvalue weighted by atomic mass is 35.5. The highest BCUT2D eigenvalue weighted by Crippen LogP contribution is 2.29. The summed E-state index contributed by atoms with van der Waals surface area (Å²) in [6.45, 7) is 0.530. The summed E-state index contributed by atoms with van der Waals surface area (Å²) in [5.41, 5.74) is 0.670. The summed E-state index contributed by atoms with van der Waals surface area (Å²) >= 11 is 11.5. The van der Waals surface area contributed by atoms with Gasteiger partial charge in [0.15, 0.2) is 0 Å². The van der Waals surface area contributed by atoms with Crippen molar-refractivity contribution in [3.05, 3.63) is 27.7 Å². The molecule has 0 saturated carbocycles. The lowest BCUT2D eigenvalue weighted by Crippen LogP contribution is -2.05. The van der Waals surface area contributed by atoms with Gasteiger partial charge in [-0.2, -0.15) is 0 Å². The lowest BCUT2D eigenvalue weighted by molar-refractivity contribution is 0.466. The minimum absolute atomic E-state index is 0.127. The lowest BCUT2D eigenvalue weighted by atomic mass is 10.2. The number of nitrogens with one attached hydrogen (secondary N) is 1. The number of aromatic hydroxyl groups is 1. The van der Waals surface area contributed by atoms with E-state index in [2.05, 4.69) is 5.32 Å². The molecule has 0 unspecified atom stereocenters. The van der Waals surface area contributed by atoms with Crippen LogP contribution in [-0.2, 0) is 6.54 Å². The van der Waals surface area contributed by atoms with Gasteiger partial charge in [-0.15, -0.1) is 0 Å². The van der Waals surface area contributed by atoms with E-state index >= 15 is 0 Å². The van der Waals surface area contributed by atoms with E-state index in [1.807, 2.05) is 0 Å². The maximum Gasteiger partial charge on any atom is 0.123 e. The zero-order chi connectivity index (χ0) is 9.14. The van der Waals surface area contributed by atoms with Gasteiger partial charge in [0, 0.05) is 17.1 Å². The van der Waals surface area contributed by atoms with Crippen LogP contribution in [0.1, 0.15) is 5.56 Å². The Bertz CT molecular complexity index is 265. The number of hydrogen-bond acceptors (Lipinski definition) is 2. The van der Waals surface area contributed by atoms with Gasteiger partial charge in [0.05, 0.1) is 5.02 Å². The number of phenols is 1. The summed E-state index contributed by atoms with van der Waals surface area (Å²) in [6.07, 6.45) is 0. The van der Waals surface area contributed by atoms with Crippen molar-refractivity contribution >= 4 is 23.2 Å². The zero-order valence-corrected chi connectivity index (χ0v) is 8.08. The minimum atomic E-state index is 0.127. The molecule has 0 atom stereocenters. The van der Waals surface area contributed by atoms with Crippen LogP contribution in [0.4, 0.5) is 0 Å². The molecule has 0 aliphatic carbocycles. The van der Waals surface area contributed by atoms with Gasteiger partial charge < -0.3 is 10.4 Å². The molecule has 1 rings (SSSR count). The molecular weight excluding hydrogens is 197 g/mol. The second-order valence-corrected chi connectivity index (χ2v) is 3.26. The molecule has 0 aromatic heterocycles. The van der Waals surface area contributed by atoms with Crippen molar-refractivity contribution in [2.45, 2.75) is 6.54 Å². The van der Waals surface area contributed by atoms with Crippen molar-refractivity contribution in [1.82, 2.24) is 5.32 Å². The Kier molecular flexibility index (Phi) is 3.20. The van der Waals surface area contributed by atoms with E-state index in [0.717, 1.165) is 0 Å². The Labute approximate surface area is 81.1 Å². The maximum atomic E-state index is 9.39. The van der Waals surface area contributed by atoms with Crippen LogP contribution in [0.3, 0.4) is 0 Å². The van der Waals surface area contributed by atoms with Gasteiger partial charge in [-0.1, -0.05) is 23.2 Å². The first-order valence-electron chi connectivity index (χ1n) is 3.46. The maximum absolute atomic E-state index is 9.39. The Hall–Kier alpha value is -0.440. The van der Waals surface area contributed by atoms with Crippen LogP contribution in [0.5, 0.6) is 5.75 Å². The van der Waals surface area contributed by atoms with Crippen LogP contribution < -0.4 is 5.32 Å². The van der Waals surface area contributed by atoms with E-state index in [1.165, 1.54) is 6.07 Å². The smallest absolute Gasteiger partial charge is 0.123 e. The second-order valence-electron chi connectivity index (χ2n) is 2.42. The summed E-state index contributed by atoms with van der Waals surface area (Å²) in [4.78, 5) is 0. The molecule has 0 saturated heterocycles. The predicted octanol–water partition coefficient (Wildman–Crippen LogP) is 2.42. The topological polar surface area (TPSA) is 32.3 Å². The molecule has 12 heavy (non-hydrogen) atoms. The van der Waals surface area contributed by atoms with Gasteiger partial charge in [0.1, 0.15) is 5.75 Å². The van der Waals surface area contributed by atoms with Crippen LogP contribution in [0.2, 0.25) is 10.0 Å². The van der Waals surface area contributed by atoms with Crippen LogP contribution in [0, 0.1) is 0 Å². The molecule has 0 spiro atoms. The van der Waals surface area contributed by atoms with E-state index in [0.29, 0.717) is 22.2 Å². The fourth-order valence-electron chi connectivity index (χ4n) is 0.942. The predicted molar refractivity (Wildman–Crippen MR) is 50.9 cm³/mol. The van der Waals surface area contributed by atoms with Gasteiger partial charge in [-0.3, -0.25) is 0 Å². The second kappa shape index (κ2) is 3.99. The molecular formula is C8H9Cl2NO. The van der Waals surface area contributed by atoms with Crippen LogP contribution in [0.25, 0.3) is 0 Å². The van der Waals surface area contributed by atoms with Gasteiger partial charge in [-0.25, -0.2) is 0 Å². The third-order valence-corrected chi connectivity index (χ3v) is 2.05. The molecule has 2 N–H and O–H groups in total. The first kappa shape index (κ1) is 9.65. The first-order valence-corrected chi connectivity index (χ1v) is 4.22. The van der Waals surface area contributed by atoms with Gasteiger partial charge >= 0.3 is 0 Å². The third kappa shape index (κ3) is 2.03. The Morgan fingerprint density at radius 2 is 2.08 bits per heavy atom. The fourth-order valence-corrected chi connectivity index (χ4v) is 1.49. The Morgan fingerprint density at radius 1 is 1.42 bits per heavy atom. The molecule has 1 aromatic rings. The average molecular weight is 206 g/mol. The summed E-state index contributed by atoms with van der Waals surface area (Å²) in [5, 5.41) is 13.2. The van der Waals surface area contributed by atoms with E-state index in [1.54, 1.807) is 13.1 Å². The van der Waals surface area contributed by atoms with E-state index in [-0.39, 0.29) is 5.75 Å². The molecule has 1 aromatic carbocycles. The van der Waals surface area contributed by atoms with Crippen molar-refractivity contribution in [3.63, 3.8) is 0 Å². The Morgan fingerprint density at radius 3 is 2.58 bits per heavy atom. The highest BCUT2D eigenvalue weighted by molar-refractivity contribution is 6.35. The molecule has 4 heteroatoms. The number of halogens is 2. The van der Waals surface area contributed by atoms with Crippen LogP contribution >= 0.6 is 23.2 Å². The molecule has 0 aliphatic rings. The molecule has 0 heterocycles. The van der Waals surface area contributed by atoms with E-state index in [4.69, 9.17) is 23.2 Å². The lowest BCUT2D eigenvalue weighted by Gasteiger charge is -2.06. The summed E-state index contributed by atoms with van der Waals surface area (Å²) in [6, 6.07) is 3.08. The van der Waals surface area contributed by atoms with Crippen LogP contribution in [-0.4, -0.2) is 12.2 Å². The van der Waals surface area contributed by atoms with Crippen molar-refractivity contribution in [2.75, 3.05) is 7.05 Å². The molecule has 2 nitrogen and oxygen atoms in total. The van der Waals surface area contributed by atoms with Crippen molar-refractivity contribution in [1.29, 1.82) is 0 Å².